The Hall–Kier alpha value is -3.42. The molecule has 200 valence electrons. The average Bonchev–Trinajstić information content (AvgIpc) is 3.68. The molecule has 3 aliphatic rings. The Morgan fingerprint density at radius 1 is 1.03 bits per heavy atom. The number of hydrogen-bond acceptors (Lipinski definition) is 6. The fourth-order valence-electron chi connectivity index (χ4n) is 6.26. The van der Waals surface area contributed by atoms with Crippen molar-refractivity contribution in [1.29, 1.82) is 0 Å². The lowest BCUT2D eigenvalue weighted by molar-refractivity contribution is -0.141. The number of carbonyl (C=O) groups excluding carboxylic acids is 4. The number of benzene rings is 1. The zero-order valence-electron chi connectivity index (χ0n) is 22.4. The van der Waals surface area contributed by atoms with E-state index in [2.05, 4.69) is 22.5 Å². The Balaban J connectivity index is 1.13. The molecular weight excluding hydrogens is 480 g/mol. The molecule has 1 aromatic heterocycles. The van der Waals surface area contributed by atoms with Gasteiger partial charge in [0.2, 0.25) is 11.8 Å². The SMILES string of the molecule is CC(=O)C(C)(C)CC(c1ccccc1)n1cc(CCC(=O)CCCN2C(=O)[C@@H]3C4C=CC(C4)[C@@H]3C2=O)nn1. The number of aromatic nitrogens is 3. The fraction of sp³-hybridized carbons (Fsp3) is 0.533. The highest BCUT2D eigenvalue weighted by molar-refractivity contribution is 6.06. The summed E-state index contributed by atoms with van der Waals surface area (Å²) in [6.45, 7) is 5.82. The van der Waals surface area contributed by atoms with Crippen LogP contribution in [-0.2, 0) is 25.6 Å². The minimum atomic E-state index is -0.518. The van der Waals surface area contributed by atoms with Crippen molar-refractivity contribution < 1.29 is 19.2 Å². The van der Waals surface area contributed by atoms with Crippen LogP contribution in [0.1, 0.15) is 70.2 Å². The molecule has 1 aliphatic heterocycles. The molecule has 5 atom stereocenters. The van der Waals surface area contributed by atoms with Gasteiger partial charge in [0.1, 0.15) is 11.6 Å². The zero-order chi connectivity index (χ0) is 27.0. The Bertz CT molecular complexity index is 1230. The van der Waals surface area contributed by atoms with Gasteiger partial charge in [-0.15, -0.1) is 5.10 Å². The molecule has 0 radical (unpaired) electrons. The third kappa shape index (κ3) is 5.00. The minimum Gasteiger partial charge on any atom is -0.300 e. The molecule has 8 nitrogen and oxygen atoms in total. The van der Waals surface area contributed by atoms with E-state index in [9.17, 15) is 19.2 Å². The van der Waals surface area contributed by atoms with Crippen molar-refractivity contribution in [3.8, 4) is 0 Å². The van der Waals surface area contributed by atoms with E-state index >= 15 is 0 Å². The number of Topliss-reactive ketones (excluding diaryl/α,β-unsaturated/α-hetero) is 2. The molecular formula is C30H36N4O4. The van der Waals surface area contributed by atoms with Gasteiger partial charge in [-0.1, -0.05) is 61.5 Å². The standard InChI is InChI=1S/C30H36N4O4/c1-19(35)30(2,3)17-25(20-8-5-4-6-9-20)34-18-23(31-32-34)13-14-24(36)10-7-15-33-28(37)26-21-11-12-22(16-21)27(26)29(33)38/h4-6,8-9,11-12,18,21-22,25-27H,7,10,13-17H2,1-3H3/t21?,22?,25?,26-,27+. The normalized spacial score (nSPS) is 24.8. The summed E-state index contributed by atoms with van der Waals surface area (Å²) in [7, 11) is 0. The molecule has 8 heteroatoms. The van der Waals surface area contributed by atoms with Crippen LogP contribution in [0, 0.1) is 29.1 Å². The van der Waals surface area contributed by atoms with Gasteiger partial charge in [-0.3, -0.25) is 24.1 Å². The Kier molecular flexibility index (Phi) is 7.16. The molecule has 2 heterocycles. The number of ketones is 2. The third-order valence-corrected chi connectivity index (χ3v) is 8.78. The Morgan fingerprint density at radius 3 is 2.32 bits per heavy atom. The Labute approximate surface area is 223 Å². The number of hydrogen-bond donors (Lipinski definition) is 0. The minimum absolute atomic E-state index is 0.0539. The zero-order valence-corrected chi connectivity index (χ0v) is 22.4. The van der Waals surface area contributed by atoms with E-state index in [0.29, 0.717) is 38.6 Å². The van der Waals surface area contributed by atoms with Gasteiger partial charge in [-0.05, 0) is 50.0 Å². The first-order valence-electron chi connectivity index (χ1n) is 13.7. The lowest BCUT2D eigenvalue weighted by Gasteiger charge is -2.27. The lowest BCUT2D eigenvalue weighted by Crippen LogP contribution is -2.34. The van der Waals surface area contributed by atoms with E-state index in [4.69, 9.17) is 0 Å². The number of aryl methyl sites for hydroxylation is 1. The van der Waals surface area contributed by atoms with Crippen LogP contribution in [0.5, 0.6) is 0 Å². The molecule has 2 amide bonds. The van der Waals surface area contributed by atoms with Crippen molar-refractivity contribution in [2.45, 2.75) is 65.3 Å². The quantitative estimate of drug-likeness (QED) is 0.313. The second-order valence-corrected chi connectivity index (χ2v) is 11.7. The van der Waals surface area contributed by atoms with Gasteiger partial charge in [-0.2, -0.15) is 0 Å². The van der Waals surface area contributed by atoms with E-state index in [0.717, 1.165) is 17.7 Å². The van der Waals surface area contributed by atoms with Crippen LogP contribution in [0.15, 0.2) is 48.7 Å². The van der Waals surface area contributed by atoms with Gasteiger partial charge < -0.3 is 0 Å². The summed E-state index contributed by atoms with van der Waals surface area (Å²) in [6.07, 6.45) is 9.16. The predicted molar refractivity (Wildman–Crippen MR) is 141 cm³/mol. The number of nitrogens with zero attached hydrogens (tertiary/aromatic N) is 4. The van der Waals surface area contributed by atoms with Crippen molar-refractivity contribution in [2.24, 2.45) is 29.1 Å². The molecule has 1 saturated heterocycles. The lowest BCUT2D eigenvalue weighted by atomic mass is 9.80. The van der Waals surface area contributed by atoms with E-state index in [1.807, 2.05) is 50.4 Å². The highest BCUT2D eigenvalue weighted by Crippen LogP contribution is 2.52. The molecule has 1 aromatic carbocycles. The summed E-state index contributed by atoms with van der Waals surface area (Å²) in [5.41, 5.74) is 1.25. The van der Waals surface area contributed by atoms with Crippen molar-refractivity contribution in [2.75, 3.05) is 6.54 Å². The van der Waals surface area contributed by atoms with Crippen LogP contribution < -0.4 is 0 Å². The van der Waals surface area contributed by atoms with Gasteiger partial charge in [-0.25, -0.2) is 4.68 Å². The number of allylic oxidation sites excluding steroid dienone is 2. The van der Waals surface area contributed by atoms with Gasteiger partial charge in [0.15, 0.2) is 0 Å². The highest BCUT2D eigenvalue weighted by atomic mass is 16.2. The van der Waals surface area contributed by atoms with E-state index in [1.165, 1.54) is 4.90 Å². The summed E-state index contributed by atoms with van der Waals surface area (Å²) >= 11 is 0. The van der Waals surface area contributed by atoms with Crippen LogP contribution in [-0.4, -0.2) is 49.8 Å². The number of amides is 2. The van der Waals surface area contributed by atoms with Crippen molar-refractivity contribution in [3.63, 3.8) is 0 Å². The molecule has 2 bridgehead atoms. The molecule has 2 aliphatic carbocycles. The van der Waals surface area contributed by atoms with E-state index in [1.54, 1.807) is 11.6 Å². The first kappa shape index (κ1) is 26.2. The summed E-state index contributed by atoms with van der Waals surface area (Å²) in [6, 6.07) is 9.79. The maximum Gasteiger partial charge on any atom is 0.233 e. The van der Waals surface area contributed by atoms with Crippen LogP contribution >= 0.6 is 0 Å². The summed E-state index contributed by atoms with van der Waals surface area (Å²) in [5, 5.41) is 8.65. The van der Waals surface area contributed by atoms with Crippen LogP contribution in [0.25, 0.3) is 0 Å². The monoisotopic (exact) mass is 516 g/mol. The fourth-order valence-corrected chi connectivity index (χ4v) is 6.26. The van der Waals surface area contributed by atoms with E-state index < -0.39 is 5.41 Å². The topological polar surface area (TPSA) is 102 Å². The first-order chi connectivity index (χ1) is 18.2. The highest BCUT2D eigenvalue weighted by Gasteiger charge is 2.58. The molecule has 2 aromatic rings. The second-order valence-electron chi connectivity index (χ2n) is 11.7. The maximum atomic E-state index is 12.8. The second kappa shape index (κ2) is 10.4. The number of rotatable bonds is 12. The molecule has 38 heavy (non-hydrogen) atoms. The van der Waals surface area contributed by atoms with Crippen LogP contribution in [0.2, 0.25) is 0 Å². The third-order valence-electron chi connectivity index (χ3n) is 8.78. The summed E-state index contributed by atoms with van der Waals surface area (Å²) in [5.74, 6) is 0.136. The first-order valence-corrected chi connectivity index (χ1v) is 13.7. The van der Waals surface area contributed by atoms with Crippen molar-refractivity contribution in [3.05, 3.63) is 59.9 Å². The van der Waals surface area contributed by atoms with Crippen LogP contribution in [0.3, 0.4) is 0 Å². The molecule has 1 saturated carbocycles. The molecule has 2 fully saturated rings. The number of fused-ring (bicyclic) bond motifs is 5. The average molecular weight is 517 g/mol. The van der Waals surface area contributed by atoms with E-state index in [-0.39, 0.29) is 53.1 Å². The van der Waals surface area contributed by atoms with Gasteiger partial charge in [0.25, 0.3) is 0 Å². The molecule has 0 N–H and O–H groups in total. The van der Waals surface area contributed by atoms with Crippen molar-refractivity contribution in [1.82, 2.24) is 19.9 Å². The maximum absolute atomic E-state index is 12.8. The predicted octanol–water partition coefficient (Wildman–Crippen LogP) is 3.96. The number of carbonyl (C=O) groups is 4. The molecule has 0 spiro atoms. The Morgan fingerprint density at radius 2 is 1.68 bits per heavy atom. The van der Waals surface area contributed by atoms with Gasteiger partial charge in [0, 0.05) is 31.0 Å². The summed E-state index contributed by atoms with van der Waals surface area (Å²) in [4.78, 5) is 51.8. The largest absolute Gasteiger partial charge is 0.300 e. The smallest absolute Gasteiger partial charge is 0.233 e. The number of imide groups is 1. The van der Waals surface area contributed by atoms with Crippen LogP contribution in [0.4, 0.5) is 0 Å². The summed E-state index contributed by atoms with van der Waals surface area (Å²) < 4.78 is 1.79. The number of likely N-dealkylation sites (tertiary alicyclic amines) is 1. The van der Waals surface area contributed by atoms with Gasteiger partial charge in [0.05, 0.1) is 23.6 Å². The van der Waals surface area contributed by atoms with Crippen molar-refractivity contribution >= 4 is 23.4 Å². The molecule has 3 unspecified atom stereocenters. The van der Waals surface area contributed by atoms with Gasteiger partial charge >= 0.3 is 0 Å². The molecule has 5 rings (SSSR count).